The highest BCUT2D eigenvalue weighted by atomic mass is 79.9. The predicted octanol–water partition coefficient (Wildman–Crippen LogP) is 4.05. The van der Waals surface area contributed by atoms with E-state index >= 15 is 0 Å². The molecule has 0 saturated heterocycles. The van der Waals surface area contributed by atoms with Crippen LogP contribution in [0.4, 0.5) is 5.82 Å². The first-order valence-electron chi connectivity index (χ1n) is 6.70. The minimum atomic E-state index is 0.288. The van der Waals surface area contributed by atoms with Crippen molar-refractivity contribution in [2.45, 2.75) is 33.2 Å². The number of ether oxygens (including phenoxy) is 1. The van der Waals surface area contributed by atoms with E-state index in [2.05, 4.69) is 41.3 Å². The Kier molecular flexibility index (Phi) is 4.38. The minimum absolute atomic E-state index is 0.288. The molecule has 2 aromatic rings. The third-order valence-corrected chi connectivity index (χ3v) is 3.97. The molecular weight excluding hydrogens is 318 g/mol. The maximum Gasteiger partial charge on any atom is 0.132 e. The van der Waals surface area contributed by atoms with Crippen LogP contribution in [0.2, 0.25) is 0 Å². The molecule has 1 heterocycles. The summed E-state index contributed by atoms with van der Waals surface area (Å²) in [5.41, 5.74) is 8.07. The maximum atomic E-state index is 6.31. The van der Waals surface area contributed by atoms with Gasteiger partial charge in [-0.25, -0.2) is 4.98 Å². The van der Waals surface area contributed by atoms with Crippen molar-refractivity contribution in [1.82, 2.24) is 9.55 Å². The average molecular weight is 338 g/mol. The molecule has 0 aliphatic carbocycles. The Morgan fingerprint density at radius 3 is 2.60 bits per heavy atom. The van der Waals surface area contributed by atoms with Gasteiger partial charge >= 0.3 is 0 Å². The second-order valence-corrected chi connectivity index (χ2v) is 5.78. The number of benzene rings is 1. The molecule has 1 aromatic carbocycles. The number of halogens is 1. The number of anilines is 1. The zero-order valence-corrected chi connectivity index (χ0v) is 13.9. The highest BCUT2D eigenvalue weighted by molar-refractivity contribution is 9.10. The van der Waals surface area contributed by atoms with E-state index in [9.17, 15) is 0 Å². The summed E-state index contributed by atoms with van der Waals surface area (Å²) in [5, 5.41) is 0. The largest absolute Gasteiger partial charge is 0.497 e. The van der Waals surface area contributed by atoms with Crippen LogP contribution in [0.3, 0.4) is 0 Å². The number of nitrogens with two attached hydrogens (primary N) is 1. The Hall–Kier alpha value is -1.49. The Morgan fingerprint density at radius 1 is 1.40 bits per heavy atom. The van der Waals surface area contributed by atoms with Gasteiger partial charge in [-0.3, -0.25) is 0 Å². The summed E-state index contributed by atoms with van der Waals surface area (Å²) in [6.07, 6.45) is 0.851. The topological polar surface area (TPSA) is 53.1 Å². The molecule has 2 rings (SSSR count). The van der Waals surface area contributed by atoms with E-state index in [0.717, 1.165) is 33.7 Å². The standard InChI is InChI=1S/C15H20BrN3O/c1-5-13-18-14(15(17)19(13)9(2)3)11-8-10(20-4)6-7-12(11)16/h6-9H,5,17H2,1-4H3. The number of imidazole rings is 1. The van der Waals surface area contributed by atoms with Crippen LogP contribution in [-0.2, 0) is 6.42 Å². The van der Waals surface area contributed by atoms with E-state index < -0.39 is 0 Å². The lowest BCUT2D eigenvalue weighted by atomic mass is 10.1. The molecule has 0 unspecified atom stereocenters. The molecule has 4 nitrogen and oxygen atoms in total. The zero-order valence-electron chi connectivity index (χ0n) is 12.3. The van der Waals surface area contributed by atoms with Crippen molar-refractivity contribution in [1.29, 1.82) is 0 Å². The number of aryl methyl sites for hydroxylation is 1. The molecule has 0 radical (unpaired) electrons. The van der Waals surface area contributed by atoms with Gasteiger partial charge in [0.2, 0.25) is 0 Å². The number of aromatic nitrogens is 2. The first kappa shape index (κ1) is 14.9. The molecule has 108 valence electrons. The van der Waals surface area contributed by atoms with Gasteiger partial charge in [0.25, 0.3) is 0 Å². The number of hydrogen-bond acceptors (Lipinski definition) is 3. The van der Waals surface area contributed by atoms with Crippen LogP contribution in [0.25, 0.3) is 11.3 Å². The van der Waals surface area contributed by atoms with E-state index in [1.54, 1.807) is 7.11 Å². The Morgan fingerprint density at radius 2 is 2.10 bits per heavy atom. The van der Waals surface area contributed by atoms with Gasteiger partial charge in [-0.2, -0.15) is 0 Å². The van der Waals surface area contributed by atoms with Crippen molar-refractivity contribution in [2.75, 3.05) is 12.8 Å². The molecule has 0 amide bonds. The van der Waals surface area contributed by atoms with Gasteiger partial charge in [-0.05, 0) is 32.0 Å². The molecule has 0 aliphatic heterocycles. The first-order chi connectivity index (χ1) is 9.49. The highest BCUT2D eigenvalue weighted by Crippen LogP contribution is 2.36. The smallest absolute Gasteiger partial charge is 0.132 e. The third kappa shape index (κ3) is 2.54. The summed E-state index contributed by atoms with van der Waals surface area (Å²) < 4.78 is 8.33. The van der Waals surface area contributed by atoms with Gasteiger partial charge in [-0.1, -0.05) is 22.9 Å². The van der Waals surface area contributed by atoms with Crippen LogP contribution in [-0.4, -0.2) is 16.7 Å². The van der Waals surface area contributed by atoms with Crippen molar-refractivity contribution >= 4 is 21.7 Å². The van der Waals surface area contributed by atoms with Crippen LogP contribution >= 0.6 is 15.9 Å². The molecule has 0 aliphatic rings. The zero-order chi connectivity index (χ0) is 14.9. The second kappa shape index (κ2) is 5.87. The highest BCUT2D eigenvalue weighted by Gasteiger charge is 2.19. The molecule has 2 N–H and O–H groups in total. The molecular formula is C15H20BrN3O. The third-order valence-electron chi connectivity index (χ3n) is 3.28. The van der Waals surface area contributed by atoms with Crippen LogP contribution in [0.15, 0.2) is 22.7 Å². The van der Waals surface area contributed by atoms with E-state index in [4.69, 9.17) is 15.5 Å². The Bertz CT molecular complexity index is 620. The van der Waals surface area contributed by atoms with E-state index in [1.807, 2.05) is 18.2 Å². The average Bonchev–Trinajstić information content (AvgIpc) is 2.76. The van der Waals surface area contributed by atoms with E-state index in [-0.39, 0.29) is 6.04 Å². The monoisotopic (exact) mass is 337 g/mol. The van der Waals surface area contributed by atoms with Gasteiger partial charge < -0.3 is 15.0 Å². The molecule has 0 bridgehead atoms. The molecule has 0 fully saturated rings. The summed E-state index contributed by atoms with van der Waals surface area (Å²) in [6.45, 7) is 6.31. The molecule has 0 spiro atoms. The fourth-order valence-electron chi connectivity index (χ4n) is 2.33. The lowest BCUT2D eigenvalue weighted by molar-refractivity contribution is 0.415. The number of methoxy groups -OCH3 is 1. The number of nitrogens with zero attached hydrogens (tertiary/aromatic N) is 2. The van der Waals surface area contributed by atoms with Gasteiger partial charge in [0, 0.05) is 22.5 Å². The lowest BCUT2D eigenvalue weighted by Gasteiger charge is -2.13. The summed E-state index contributed by atoms with van der Waals surface area (Å²) in [4.78, 5) is 4.71. The van der Waals surface area contributed by atoms with Crippen molar-refractivity contribution in [3.63, 3.8) is 0 Å². The van der Waals surface area contributed by atoms with Gasteiger partial charge in [-0.15, -0.1) is 0 Å². The normalized spacial score (nSPS) is 11.1. The van der Waals surface area contributed by atoms with Crippen molar-refractivity contribution in [2.24, 2.45) is 0 Å². The Balaban J connectivity index is 2.64. The number of hydrogen-bond donors (Lipinski definition) is 1. The number of rotatable bonds is 4. The van der Waals surface area contributed by atoms with Crippen LogP contribution < -0.4 is 10.5 Å². The van der Waals surface area contributed by atoms with Gasteiger partial charge in [0.05, 0.1) is 7.11 Å². The van der Waals surface area contributed by atoms with Crippen LogP contribution in [0.1, 0.15) is 32.6 Å². The van der Waals surface area contributed by atoms with Gasteiger partial charge in [0.1, 0.15) is 23.1 Å². The Labute approximate surface area is 128 Å². The predicted molar refractivity (Wildman–Crippen MR) is 86.1 cm³/mol. The van der Waals surface area contributed by atoms with Crippen LogP contribution in [0, 0.1) is 0 Å². The minimum Gasteiger partial charge on any atom is -0.497 e. The van der Waals surface area contributed by atoms with Gasteiger partial charge in [0.15, 0.2) is 0 Å². The van der Waals surface area contributed by atoms with Crippen LogP contribution in [0.5, 0.6) is 5.75 Å². The summed E-state index contributed by atoms with van der Waals surface area (Å²) in [7, 11) is 1.65. The molecule has 5 heteroatoms. The van der Waals surface area contributed by atoms with Crippen molar-refractivity contribution in [3.8, 4) is 17.0 Å². The SMILES string of the molecule is CCc1nc(-c2cc(OC)ccc2Br)c(N)n1C(C)C. The summed E-state index contributed by atoms with van der Waals surface area (Å²) in [6, 6.07) is 6.10. The van der Waals surface area contributed by atoms with E-state index in [1.165, 1.54) is 0 Å². The first-order valence-corrected chi connectivity index (χ1v) is 7.49. The molecule has 0 atom stereocenters. The summed E-state index contributed by atoms with van der Waals surface area (Å²) >= 11 is 3.56. The molecule has 20 heavy (non-hydrogen) atoms. The van der Waals surface area contributed by atoms with E-state index in [0.29, 0.717) is 5.82 Å². The number of nitrogen functional groups attached to an aromatic ring is 1. The fourth-order valence-corrected chi connectivity index (χ4v) is 2.76. The summed E-state index contributed by atoms with van der Waals surface area (Å²) in [5.74, 6) is 2.49. The quantitative estimate of drug-likeness (QED) is 0.915. The molecule has 1 aromatic heterocycles. The second-order valence-electron chi connectivity index (χ2n) is 4.92. The fraction of sp³-hybridized carbons (Fsp3) is 0.400. The molecule has 0 saturated carbocycles. The maximum absolute atomic E-state index is 6.31. The lowest BCUT2D eigenvalue weighted by Crippen LogP contribution is -2.08. The van der Waals surface area contributed by atoms with Crippen molar-refractivity contribution in [3.05, 3.63) is 28.5 Å². The van der Waals surface area contributed by atoms with Crippen molar-refractivity contribution < 1.29 is 4.74 Å².